The van der Waals surface area contributed by atoms with Gasteiger partial charge in [0, 0.05) is 40.4 Å². The van der Waals surface area contributed by atoms with E-state index in [2.05, 4.69) is 174 Å². The Kier molecular flexibility index (Phi) is 6.05. The van der Waals surface area contributed by atoms with E-state index in [1.54, 1.807) is 0 Å². The normalized spacial score (nSPS) is 11.4. The molecule has 204 valence electrons. The van der Waals surface area contributed by atoms with Crippen LogP contribution in [0, 0.1) is 0 Å². The first-order valence-corrected chi connectivity index (χ1v) is 14.8. The highest BCUT2D eigenvalue weighted by atomic mass is 15.1. The molecule has 0 saturated carbocycles. The molecule has 0 atom stereocenters. The largest absolute Gasteiger partial charge is 0.345 e. The van der Waals surface area contributed by atoms with E-state index in [1.807, 2.05) is 6.07 Å². The number of benzene rings is 7. The van der Waals surface area contributed by atoms with Gasteiger partial charge in [0.15, 0.2) is 0 Å². The Balaban J connectivity index is 1.24. The van der Waals surface area contributed by atoms with E-state index in [4.69, 9.17) is 0 Å². The van der Waals surface area contributed by atoms with Gasteiger partial charge in [-0.3, -0.25) is 0 Å². The molecule has 2 heteroatoms. The van der Waals surface area contributed by atoms with E-state index in [-0.39, 0.29) is 0 Å². The zero-order chi connectivity index (χ0) is 28.8. The van der Waals surface area contributed by atoms with Crippen molar-refractivity contribution >= 4 is 44.0 Å². The summed E-state index contributed by atoms with van der Waals surface area (Å²) in [5.41, 5.74) is 10.8. The molecule has 0 aliphatic carbocycles. The maximum absolute atomic E-state index is 2.43. The molecule has 43 heavy (non-hydrogen) atoms. The molecule has 0 unspecified atom stereocenters. The topological polar surface area (TPSA) is 8.17 Å². The average molecular weight is 551 g/mol. The van der Waals surface area contributed by atoms with Gasteiger partial charge in [-0.25, -0.2) is 0 Å². The summed E-state index contributed by atoms with van der Waals surface area (Å²) in [4.78, 5) is 2.21. The third-order valence-corrected chi connectivity index (χ3v) is 8.62. The predicted molar refractivity (Wildman–Crippen MR) is 184 cm³/mol. The molecule has 0 saturated heterocycles. The summed E-state index contributed by atoms with van der Waals surface area (Å²) in [5, 5.41) is 5.12. The zero-order valence-electron chi connectivity index (χ0n) is 24.0. The Labute approximate surface area is 251 Å². The molecular weight excluding hydrogens is 520 g/mol. The highest BCUT2D eigenvalue weighted by molar-refractivity contribution is 6.23. The zero-order valence-corrected chi connectivity index (χ0v) is 24.0. The molecule has 1 aromatic heterocycles. The second-order valence-corrected chi connectivity index (χ2v) is 11.1. The summed E-state index contributed by atoms with van der Waals surface area (Å²) in [6.07, 6.45) is 0. The standard InChI is InChI=1S/C41H30N2/c1-42(33-12-4-2-5-13-33)34-26-23-30(24-27-34)29-19-21-32(22-20-29)37-17-10-18-38-40-36-16-9-8-11-31(36)25-28-39(40)43(41(37)38)35-14-6-3-7-15-35/h2-28H,1H3. The second kappa shape index (κ2) is 10.3. The molecule has 8 rings (SSSR count). The minimum absolute atomic E-state index is 1.17. The fourth-order valence-corrected chi connectivity index (χ4v) is 6.43. The number of aromatic nitrogens is 1. The van der Waals surface area contributed by atoms with Crippen molar-refractivity contribution in [3.8, 4) is 27.9 Å². The Bertz CT molecular complexity index is 2210. The van der Waals surface area contributed by atoms with Crippen LogP contribution >= 0.6 is 0 Å². The molecule has 0 aliphatic rings. The Morgan fingerprint density at radius 2 is 1.02 bits per heavy atom. The lowest BCUT2D eigenvalue weighted by Crippen LogP contribution is -2.08. The van der Waals surface area contributed by atoms with Gasteiger partial charge >= 0.3 is 0 Å². The molecule has 2 nitrogen and oxygen atoms in total. The lowest BCUT2D eigenvalue weighted by Gasteiger charge is -2.19. The van der Waals surface area contributed by atoms with E-state index in [1.165, 1.54) is 71.9 Å². The number of fused-ring (bicyclic) bond motifs is 5. The monoisotopic (exact) mass is 550 g/mol. The van der Waals surface area contributed by atoms with E-state index in [9.17, 15) is 0 Å². The van der Waals surface area contributed by atoms with Crippen LogP contribution in [0.2, 0.25) is 0 Å². The van der Waals surface area contributed by atoms with E-state index in [0.717, 1.165) is 0 Å². The molecule has 0 fully saturated rings. The summed E-state index contributed by atoms with van der Waals surface area (Å²) in [5.74, 6) is 0. The first-order valence-electron chi connectivity index (χ1n) is 14.8. The van der Waals surface area contributed by atoms with Gasteiger partial charge in [0.2, 0.25) is 0 Å². The summed E-state index contributed by atoms with van der Waals surface area (Å²) >= 11 is 0. The quantitative estimate of drug-likeness (QED) is 0.207. The first kappa shape index (κ1) is 25.1. The van der Waals surface area contributed by atoms with Crippen LogP contribution in [0.25, 0.3) is 60.5 Å². The van der Waals surface area contributed by atoms with Crippen molar-refractivity contribution in [3.63, 3.8) is 0 Å². The number of nitrogens with zero attached hydrogens (tertiary/aromatic N) is 2. The lowest BCUT2D eigenvalue weighted by molar-refractivity contribution is 1.18. The summed E-state index contributed by atoms with van der Waals surface area (Å²) in [6, 6.07) is 59.0. The first-order chi connectivity index (χ1) is 21.3. The molecule has 0 spiro atoms. The van der Waals surface area contributed by atoms with Crippen LogP contribution in [-0.4, -0.2) is 11.6 Å². The van der Waals surface area contributed by atoms with Crippen molar-refractivity contribution in [1.29, 1.82) is 0 Å². The van der Waals surface area contributed by atoms with Crippen molar-refractivity contribution in [1.82, 2.24) is 4.57 Å². The molecule has 0 radical (unpaired) electrons. The van der Waals surface area contributed by atoms with Crippen LogP contribution in [-0.2, 0) is 0 Å². The Hall–Kier alpha value is -5.60. The SMILES string of the molecule is CN(c1ccccc1)c1ccc(-c2ccc(-c3cccc4c5c6ccccc6ccc5n(-c5ccccc5)c34)cc2)cc1. The van der Waals surface area contributed by atoms with Crippen molar-refractivity contribution in [2.45, 2.75) is 0 Å². The molecule has 0 amide bonds. The van der Waals surface area contributed by atoms with Gasteiger partial charge in [0.1, 0.15) is 0 Å². The van der Waals surface area contributed by atoms with Crippen LogP contribution in [0.3, 0.4) is 0 Å². The van der Waals surface area contributed by atoms with Gasteiger partial charge in [-0.2, -0.15) is 0 Å². The molecule has 0 bridgehead atoms. The van der Waals surface area contributed by atoms with E-state index < -0.39 is 0 Å². The molecule has 1 heterocycles. The smallest absolute Gasteiger partial charge is 0.0619 e. The maximum Gasteiger partial charge on any atom is 0.0619 e. The van der Waals surface area contributed by atoms with Gasteiger partial charge in [-0.05, 0) is 69.9 Å². The molecule has 7 aromatic carbocycles. The minimum Gasteiger partial charge on any atom is -0.345 e. The van der Waals surface area contributed by atoms with Gasteiger partial charge in [0.25, 0.3) is 0 Å². The van der Waals surface area contributed by atoms with Gasteiger partial charge in [0.05, 0.1) is 11.0 Å². The third-order valence-electron chi connectivity index (χ3n) is 8.62. The predicted octanol–water partition coefficient (Wildman–Crippen LogP) is 11.0. The number of hydrogen-bond donors (Lipinski definition) is 0. The summed E-state index contributed by atoms with van der Waals surface area (Å²) in [6.45, 7) is 0. The summed E-state index contributed by atoms with van der Waals surface area (Å²) in [7, 11) is 2.11. The van der Waals surface area contributed by atoms with Crippen LogP contribution < -0.4 is 4.90 Å². The highest BCUT2D eigenvalue weighted by Gasteiger charge is 2.18. The molecular formula is C41H30N2. The number of hydrogen-bond acceptors (Lipinski definition) is 1. The van der Waals surface area contributed by atoms with Gasteiger partial charge < -0.3 is 9.47 Å². The Morgan fingerprint density at radius 3 is 1.77 bits per heavy atom. The average Bonchev–Trinajstić information content (AvgIpc) is 3.44. The number of para-hydroxylation sites is 3. The fourth-order valence-electron chi connectivity index (χ4n) is 6.43. The maximum atomic E-state index is 2.43. The fraction of sp³-hybridized carbons (Fsp3) is 0.0244. The molecule has 0 aliphatic heterocycles. The van der Waals surface area contributed by atoms with E-state index >= 15 is 0 Å². The van der Waals surface area contributed by atoms with Crippen molar-refractivity contribution in [2.24, 2.45) is 0 Å². The number of anilines is 2. The van der Waals surface area contributed by atoms with Crippen molar-refractivity contribution in [2.75, 3.05) is 11.9 Å². The van der Waals surface area contributed by atoms with E-state index in [0.29, 0.717) is 0 Å². The van der Waals surface area contributed by atoms with Gasteiger partial charge in [-0.1, -0.05) is 121 Å². The summed E-state index contributed by atoms with van der Waals surface area (Å²) < 4.78 is 2.43. The van der Waals surface area contributed by atoms with Crippen molar-refractivity contribution < 1.29 is 0 Å². The van der Waals surface area contributed by atoms with Gasteiger partial charge in [-0.15, -0.1) is 0 Å². The van der Waals surface area contributed by atoms with Crippen LogP contribution in [0.15, 0.2) is 164 Å². The minimum atomic E-state index is 1.17. The number of rotatable bonds is 5. The van der Waals surface area contributed by atoms with Crippen LogP contribution in [0.5, 0.6) is 0 Å². The third kappa shape index (κ3) is 4.27. The highest BCUT2D eigenvalue weighted by Crippen LogP contribution is 2.41. The van der Waals surface area contributed by atoms with Crippen molar-refractivity contribution in [3.05, 3.63) is 164 Å². The molecule has 8 aromatic rings. The Morgan fingerprint density at radius 1 is 0.442 bits per heavy atom. The lowest BCUT2D eigenvalue weighted by atomic mass is 9.97. The second-order valence-electron chi connectivity index (χ2n) is 11.1. The van der Waals surface area contributed by atoms with Crippen LogP contribution in [0.1, 0.15) is 0 Å². The molecule has 0 N–H and O–H groups in total. The van der Waals surface area contributed by atoms with Crippen LogP contribution in [0.4, 0.5) is 11.4 Å².